The number of nitrogens with zero attached hydrogens (tertiary/aromatic N) is 1. The average Bonchev–Trinajstić information content (AvgIpc) is 2.11. The van der Waals surface area contributed by atoms with E-state index in [1.807, 2.05) is 4.90 Å². The van der Waals surface area contributed by atoms with Crippen molar-refractivity contribution >= 4 is 5.91 Å². The fraction of sp³-hybridized carbons (Fsp3) is 0.909. The maximum Gasteiger partial charge on any atom is 0.222 e. The molecule has 2 fully saturated rings. The topological polar surface area (TPSA) is 32.3 Å². The van der Waals surface area contributed by atoms with Crippen LogP contribution < -0.4 is 5.32 Å². The molecule has 80 valence electrons. The average molecular weight is 196 g/mol. The minimum atomic E-state index is 0.378. The molecule has 14 heavy (non-hydrogen) atoms. The number of carbonyl (C=O) groups is 1. The summed E-state index contributed by atoms with van der Waals surface area (Å²) in [6, 6.07) is 0.467. The molecule has 0 aromatic carbocycles. The van der Waals surface area contributed by atoms with Crippen LogP contribution >= 0.6 is 0 Å². The molecule has 1 saturated carbocycles. The minimum absolute atomic E-state index is 0.378. The zero-order chi connectivity index (χ0) is 9.97. The Morgan fingerprint density at radius 2 is 2.29 bits per heavy atom. The van der Waals surface area contributed by atoms with E-state index >= 15 is 0 Å². The van der Waals surface area contributed by atoms with Gasteiger partial charge in [-0.3, -0.25) is 4.79 Å². The number of hydrogen-bond donors (Lipinski definition) is 1. The van der Waals surface area contributed by atoms with Gasteiger partial charge in [0, 0.05) is 32.1 Å². The normalized spacial score (nSPS) is 28.6. The van der Waals surface area contributed by atoms with Gasteiger partial charge in [0.1, 0.15) is 0 Å². The Labute approximate surface area is 85.8 Å². The first-order valence-corrected chi connectivity index (χ1v) is 5.77. The summed E-state index contributed by atoms with van der Waals surface area (Å²) in [5.41, 5.74) is 0. The molecule has 0 radical (unpaired) electrons. The molecule has 2 rings (SSSR count). The second-order valence-electron chi connectivity index (χ2n) is 4.70. The van der Waals surface area contributed by atoms with Crippen molar-refractivity contribution in [2.75, 3.05) is 19.6 Å². The molecule has 1 N–H and O–H groups in total. The Morgan fingerprint density at radius 1 is 1.50 bits per heavy atom. The van der Waals surface area contributed by atoms with Crippen LogP contribution in [-0.4, -0.2) is 36.5 Å². The Morgan fingerprint density at radius 3 is 2.86 bits per heavy atom. The molecule has 1 aliphatic carbocycles. The van der Waals surface area contributed by atoms with Crippen LogP contribution in [0.15, 0.2) is 0 Å². The van der Waals surface area contributed by atoms with E-state index < -0.39 is 0 Å². The van der Waals surface area contributed by atoms with E-state index in [0.29, 0.717) is 17.9 Å². The first kappa shape index (κ1) is 9.97. The van der Waals surface area contributed by atoms with Crippen molar-refractivity contribution < 1.29 is 4.79 Å². The Hall–Kier alpha value is -0.570. The lowest BCUT2D eigenvalue weighted by Gasteiger charge is -2.34. The first-order chi connectivity index (χ1) is 6.75. The molecular formula is C11H20N2O. The molecule has 1 amide bonds. The van der Waals surface area contributed by atoms with E-state index in [-0.39, 0.29) is 0 Å². The maximum atomic E-state index is 11.8. The summed E-state index contributed by atoms with van der Waals surface area (Å²) in [7, 11) is 0. The molecule has 1 saturated heterocycles. The van der Waals surface area contributed by atoms with Gasteiger partial charge in [-0.2, -0.15) is 0 Å². The van der Waals surface area contributed by atoms with E-state index in [1.54, 1.807) is 0 Å². The van der Waals surface area contributed by atoms with Gasteiger partial charge >= 0.3 is 0 Å². The maximum absolute atomic E-state index is 11.8. The summed E-state index contributed by atoms with van der Waals surface area (Å²) in [5.74, 6) is 1.08. The molecular weight excluding hydrogens is 176 g/mol. The molecule has 3 heteroatoms. The highest BCUT2D eigenvalue weighted by molar-refractivity contribution is 5.76. The molecule has 1 atom stereocenters. The summed E-state index contributed by atoms with van der Waals surface area (Å²) in [4.78, 5) is 13.9. The standard InChI is InChI=1S/C11H20N2O/c1-9-8-13(6-5-12-9)11(14)7-10-3-2-4-10/h9-10,12H,2-8H2,1H3/t9-/m1/s1. The third-order valence-corrected chi connectivity index (χ3v) is 3.41. The second kappa shape index (κ2) is 4.30. The van der Waals surface area contributed by atoms with Gasteiger partial charge in [0.15, 0.2) is 0 Å². The Balaban J connectivity index is 1.77. The quantitative estimate of drug-likeness (QED) is 0.714. The number of hydrogen-bond acceptors (Lipinski definition) is 2. The molecule has 1 aliphatic heterocycles. The predicted molar refractivity (Wildman–Crippen MR) is 56.0 cm³/mol. The van der Waals surface area contributed by atoms with E-state index in [1.165, 1.54) is 19.3 Å². The van der Waals surface area contributed by atoms with E-state index in [4.69, 9.17) is 0 Å². The van der Waals surface area contributed by atoms with Crippen LogP contribution in [0.2, 0.25) is 0 Å². The number of amides is 1. The van der Waals surface area contributed by atoms with Crippen LogP contribution in [0, 0.1) is 5.92 Å². The van der Waals surface area contributed by atoms with Crippen LogP contribution in [0.3, 0.4) is 0 Å². The van der Waals surface area contributed by atoms with Crippen molar-refractivity contribution in [3.8, 4) is 0 Å². The van der Waals surface area contributed by atoms with Gasteiger partial charge in [0.2, 0.25) is 5.91 Å². The van der Waals surface area contributed by atoms with E-state index in [0.717, 1.165) is 26.1 Å². The van der Waals surface area contributed by atoms with Gasteiger partial charge in [-0.15, -0.1) is 0 Å². The zero-order valence-electron chi connectivity index (χ0n) is 8.96. The van der Waals surface area contributed by atoms with Crippen molar-refractivity contribution in [2.45, 2.75) is 38.6 Å². The second-order valence-corrected chi connectivity index (χ2v) is 4.70. The van der Waals surface area contributed by atoms with Crippen LogP contribution in [0.5, 0.6) is 0 Å². The lowest BCUT2D eigenvalue weighted by Crippen LogP contribution is -2.51. The largest absolute Gasteiger partial charge is 0.340 e. The summed E-state index contributed by atoms with van der Waals surface area (Å²) >= 11 is 0. The van der Waals surface area contributed by atoms with Crippen molar-refractivity contribution in [1.82, 2.24) is 10.2 Å². The molecule has 0 aromatic heterocycles. The van der Waals surface area contributed by atoms with Gasteiger partial charge in [-0.1, -0.05) is 6.42 Å². The molecule has 0 bridgehead atoms. The van der Waals surface area contributed by atoms with Crippen molar-refractivity contribution in [3.63, 3.8) is 0 Å². The summed E-state index contributed by atoms with van der Waals surface area (Å²) in [6.45, 7) is 4.89. The Bertz CT molecular complexity index is 213. The van der Waals surface area contributed by atoms with Gasteiger partial charge in [0.25, 0.3) is 0 Å². The molecule has 0 unspecified atom stereocenters. The van der Waals surface area contributed by atoms with Gasteiger partial charge in [0.05, 0.1) is 0 Å². The highest BCUT2D eigenvalue weighted by Crippen LogP contribution is 2.29. The number of piperazine rings is 1. The third-order valence-electron chi connectivity index (χ3n) is 3.41. The van der Waals surface area contributed by atoms with Crippen LogP contribution in [0.25, 0.3) is 0 Å². The molecule has 3 nitrogen and oxygen atoms in total. The third kappa shape index (κ3) is 2.27. The lowest BCUT2D eigenvalue weighted by atomic mass is 9.82. The van der Waals surface area contributed by atoms with Crippen LogP contribution in [-0.2, 0) is 4.79 Å². The number of nitrogens with one attached hydrogen (secondary N) is 1. The predicted octanol–water partition coefficient (Wildman–Crippen LogP) is 0.997. The summed E-state index contributed by atoms with van der Waals surface area (Å²) in [5, 5.41) is 3.35. The van der Waals surface area contributed by atoms with Gasteiger partial charge < -0.3 is 10.2 Å². The monoisotopic (exact) mass is 196 g/mol. The first-order valence-electron chi connectivity index (χ1n) is 5.77. The SMILES string of the molecule is C[C@@H]1CN(C(=O)CC2CCC2)CCN1. The lowest BCUT2D eigenvalue weighted by molar-refractivity contribution is -0.133. The highest BCUT2D eigenvalue weighted by atomic mass is 16.2. The summed E-state index contributed by atoms with van der Waals surface area (Å²) < 4.78 is 0. The van der Waals surface area contributed by atoms with Crippen molar-refractivity contribution in [3.05, 3.63) is 0 Å². The molecule has 2 aliphatic rings. The number of carbonyl (C=O) groups excluding carboxylic acids is 1. The van der Waals surface area contributed by atoms with Gasteiger partial charge in [-0.05, 0) is 25.7 Å². The highest BCUT2D eigenvalue weighted by Gasteiger charge is 2.25. The fourth-order valence-electron chi connectivity index (χ4n) is 2.23. The zero-order valence-corrected chi connectivity index (χ0v) is 8.96. The molecule has 0 spiro atoms. The number of rotatable bonds is 2. The van der Waals surface area contributed by atoms with Crippen LogP contribution in [0.4, 0.5) is 0 Å². The van der Waals surface area contributed by atoms with Gasteiger partial charge in [-0.25, -0.2) is 0 Å². The Kier molecular flexibility index (Phi) is 3.06. The van der Waals surface area contributed by atoms with E-state index in [2.05, 4.69) is 12.2 Å². The smallest absolute Gasteiger partial charge is 0.222 e. The fourth-order valence-corrected chi connectivity index (χ4v) is 2.23. The van der Waals surface area contributed by atoms with Crippen molar-refractivity contribution in [2.24, 2.45) is 5.92 Å². The minimum Gasteiger partial charge on any atom is -0.340 e. The molecule has 1 heterocycles. The van der Waals surface area contributed by atoms with Crippen LogP contribution in [0.1, 0.15) is 32.6 Å². The molecule has 0 aromatic rings. The summed E-state index contributed by atoms with van der Waals surface area (Å²) in [6.07, 6.45) is 4.67. The van der Waals surface area contributed by atoms with Crippen molar-refractivity contribution in [1.29, 1.82) is 0 Å². The van der Waals surface area contributed by atoms with E-state index in [9.17, 15) is 4.79 Å².